The average Bonchev–Trinajstić information content (AvgIpc) is 2.79. The Kier molecular flexibility index (Phi) is 3.96. The van der Waals surface area contributed by atoms with Crippen LogP contribution in [-0.4, -0.2) is 23.8 Å². The Morgan fingerprint density at radius 1 is 1.36 bits per heavy atom. The number of aliphatic hydroxyl groups is 1. The lowest BCUT2D eigenvalue weighted by atomic mass is 9.86. The van der Waals surface area contributed by atoms with Gasteiger partial charge in [0, 0.05) is 12.6 Å². The van der Waals surface area contributed by atoms with Crippen molar-refractivity contribution >= 4 is 0 Å². The highest BCUT2D eigenvalue weighted by molar-refractivity contribution is 4.85. The zero-order valence-electron chi connectivity index (χ0n) is 10.0. The van der Waals surface area contributed by atoms with Gasteiger partial charge in [-0.2, -0.15) is 0 Å². The molecule has 2 nitrogen and oxygen atoms in total. The van der Waals surface area contributed by atoms with Gasteiger partial charge in [0.25, 0.3) is 0 Å². The lowest BCUT2D eigenvalue weighted by Gasteiger charge is -2.28. The fourth-order valence-corrected chi connectivity index (χ4v) is 2.07. The molecule has 0 saturated heterocycles. The van der Waals surface area contributed by atoms with Crippen molar-refractivity contribution in [1.29, 1.82) is 0 Å². The third-order valence-corrected chi connectivity index (χ3v) is 3.08. The monoisotopic (exact) mass is 199 g/mol. The van der Waals surface area contributed by atoms with Gasteiger partial charge in [-0.15, -0.1) is 0 Å². The molecule has 0 amide bonds. The van der Waals surface area contributed by atoms with Crippen molar-refractivity contribution in [2.75, 3.05) is 6.54 Å². The summed E-state index contributed by atoms with van der Waals surface area (Å²) < 4.78 is 0. The Hall–Kier alpha value is -0.0800. The number of nitrogens with one attached hydrogen (secondary N) is 1. The first-order chi connectivity index (χ1) is 6.41. The summed E-state index contributed by atoms with van der Waals surface area (Å²) in [5.74, 6) is 0.914. The summed E-state index contributed by atoms with van der Waals surface area (Å²) in [5.41, 5.74) is 0.206. The van der Waals surface area contributed by atoms with E-state index >= 15 is 0 Å². The topological polar surface area (TPSA) is 32.3 Å². The highest BCUT2D eigenvalue weighted by atomic mass is 16.3. The van der Waals surface area contributed by atoms with Crippen molar-refractivity contribution in [2.45, 2.75) is 59.1 Å². The number of aliphatic hydroxyl groups excluding tert-OH is 1. The van der Waals surface area contributed by atoms with E-state index < -0.39 is 0 Å². The van der Waals surface area contributed by atoms with Crippen molar-refractivity contribution < 1.29 is 5.11 Å². The van der Waals surface area contributed by atoms with E-state index in [9.17, 15) is 5.11 Å². The van der Waals surface area contributed by atoms with Crippen LogP contribution in [0.4, 0.5) is 0 Å². The van der Waals surface area contributed by atoms with E-state index in [2.05, 4.69) is 26.1 Å². The van der Waals surface area contributed by atoms with Crippen molar-refractivity contribution in [3.05, 3.63) is 0 Å². The summed E-state index contributed by atoms with van der Waals surface area (Å²) in [5, 5.41) is 12.9. The first-order valence-corrected chi connectivity index (χ1v) is 5.82. The largest absolute Gasteiger partial charge is 0.393 e. The van der Waals surface area contributed by atoms with Crippen molar-refractivity contribution in [1.82, 2.24) is 5.32 Å². The highest BCUT2D eigenvalue weighted by Gasteiger charge is 2.29. The van der Waals surface area contributed by atoms with Gasteiger partial charge in [0.1, 0.15) is 0 Å². The second kappa shape index (κ2) is 4.63. The van der Waals surface area contributed by atoms with Gasteiger partial charge >= 0.3 is 0 Å². The highest BCUT2D eigenvalue weighted by Crippen LogP contribution is 2.33. The molecule has 1 saturated carbocycles. The molecule has 0 radical (unpaired) electrons. The van der Waals surface area contributed by atoms with E-state index in [-0.39, 0.29) is 11.5 Å². The molecule has 1 aliphatic rings. The smallest absolute Gasteiger partial charge is 0.0517 e. The molecule has 0 bridgehead atoms. The molecule has 0 aromatic rings. The molecule has 1 rings (SSSR count). The van der Waals surface area contributed by atoms with Gasteiger partial charge in [0.2, 0.25) is 0 Å². The minimum absolute atomic E-state index is 0.192. The van der Waals surface area contributed by atoms with Gasteiger partial charge in [-0.25, -0.2) is 0 Å². The van der Waals surface area contributed by atoms with Gasteiger partial charge in [-0.3, -0.25) is 0 Å². The van der Waals surface area contributed by atoms with Gasteiger partial charge < -0.3 is 10.4 Å². The van der Waals surface area contributed by atoms with Crippen LogP contribution in [0.1, 0.15) is 47.0 Å². The Balaban J connectivity index is 2.20. The normalized spacial score (nSPS) is 22.1. The third-order valence-electron chi connectivity index (χ3n) is 3.08. The average molecular weight is 199 g/mol. The summed E-state index contributed by atoms with van der Waals surface area (Å²) in [6.45, 7) is 9.58. The van der Waals surface area contributed by atoms with Crippen LogP contribution in [0.2, 0.25) is 0 Å². The Morgan fingerprint density at radius 3 is 2.36 bits per heavy atom. The van der Waals surface area contributed by atoms with E-state index in [1.165, 1.54) is 12.8 Å². The zero-order chi connectivity index (χ0) is 10.8. The Bertz CT molecular complexity index is 173. The Morgan fingerprint density at radius 2 is 1.93 bits per heavy atom. The van der Waals surface area contributed by atoms with Crippen molar-refractivity contribution in [2.24, 2.45) is 11.3 Å². The number of hydrogen-bond donors (Lipinski definition) is 2. The minimum atomic E-state index is -0.192. The second-order valence-corrected chi connectivity index (χ2v) is 5.72. The molecule has 14 heavy (non-hydrogen) atoms. The molecule has 0 aliphatic heterocycles. The molecule has 84 valence electrons. The van der Waals surface area contributed by atoms with E-state index in [0.717, 1.165) is 18.9 Å². The van der Waals surface area contributed by atoms with Gasteiger partial charge in [-0.05, 0) is 44.4 Å². The quantitative estimate of drug-likeness (QED) is 0.687. The lowest BCUT2D eigenvalue weighted by Crippen LogP contribution is -2.37. The van der Waals surface area contributed by atoms with Crippen LogP contribution in [0.3, 0.4) is 0 Å². The molecule has 1 fully saturated rings. The third kappa shape index (κ3) is 4.43. The van der Waals surface area contributed by atoms with Crippen LogP contribution in [0.5, 0.6) is 0 Å². The molecule has 0 aromatic carbocycles. The van der Waals surface area contributed by atoms with Crippen molar-refractivity contribution in [3.8, 4) is 0 Å². The first kappa shape index (κ1) is 12.0. The van der Waals surface area contributed by atoms with Gasteiger partial charge in [0.05, 0.1) is 6.10 Å². The van der Waals surface area contributed by atoms with E-state index in [0.29, 0.717) is 6.04 Å². The first-order valence-electron chi connectivity index (χ1n) is 5.82. The molecule has 0 spiro atoms. The van der Waals surface area contributed by atoms with Crippen LogP contribution in [0, 0.1) is 11.3 Å². The van der Waals surface area contributed by atoms with Crippen LogP contribution < -0.4 is 5.32 Å². The van der Waals surface area contributed by atoms with Crippen LogP contribution in [-0.2, 0) is 0 Å². The summed E-state index contributed by atoms with van der Waals surface area (Å²) in [7, 11) is 0. The Labute approximate surface area is 88.1 Å². The van der Waals surface area contributed by atoms with Crippen molar-refractivity contribution in [3.63, 3.8) is 0 Å². The number of rotatable bonds is 6. The van der Waals surface area contributed by atoms with Gasteiger partial charge in [0.15, 0.2) is 0 Å². The minimum Gasteiger partial charge on any atom is -0.393 e. The molecule has 2 N–H and O–H groups in total. The number of hydrogen-bond acceptors (Lipinski definition) is 2. The fourth-order valence-electron chi connectivity index (χ4n) is 2.07. The van der Waals surface area contributed by atoms with E-state index in [1.807, 2.05) is 6.92 Å². The van der Waals surface area contributed by atoms with E-state index in [4.69, 9.17) is 0 Å². The molecule has 2 unspecified atom stereocenters. The lowest BCUT2D eigenvalue weighted by molar-refractivity contribution is 0.126. The maximum absolute atomic E-state index is 9.35. The maximum atomic E-state index is 9.35. The summed E-state index contributed by atoms with van der Waals surface area (Å²) in [4.78, 5) is 0. The zero-order valence-corrected chi connectivity index (χ0v) is 10.0. The van der Waals surface area contributed by atoms with Crippen LogP contribution in [0.15, 0.2) is 0 Å². The second-order valence-electron chi connectivity index (χ2n) is 5.72. The van der Waals surface area contributed by atoms with Crippen LogP contribution >= 0.6 is 0 Å². The molecular formula is C12H25NO. The standard InChI is InChI=1S/C12H25NO/c1-9(14)7-12(3,4)8-13-10(2)11-5-6-11/h9-11,13-14H,5-8H2,1-4H3. The predicted octanol–water partition coefficient (Wildman–Crippen LogP) is 2.17. The molecule has 2 atom stereocenters. The molecule has 0 aromatic heterocycles. The van der Waals surface area contributed by atoms with Crippen LogP contribution in [0.25, 0.3) is 0 Å². The van der Waals surface area contributed by atoms with E-state index in [1.54, 1.807) is 0 Å². The summed E-state index contributed by atoms with van der Waals surface area (Å²) in [6, 6.07) is 0.656. The SMILES string of the molecule is CC(O)CC(C)(C)CNC(C)C1CC1. The molecule has 0 heterocycles. The summed E-state index contributed by atoms with van der Waals surface area (Å²) >= 11 is 0. The fraction of sp³-hybridized carbons (Fsp3) is 1.00. The summed E-state index contributed by atoms with van der Waals surface area (Å²) in [6.07, 6.45) is 3.47. The maximum Gasteiger partial charge on any atom is 0.0517 e. The molecule has 1 aliphatic carbocycles. The van der Waals surface area contributed by atoms with Gasteiger partial charge in [-0.1, -0.05) is 13.8 Å². The molecular weight excluding hydrogens is 174 g/mol. The molecule has 2 heteroatoms. The predicted molar refractivity (Wildman–Crippen MR) is 60.3 cm³/mol.